The highest BCUT2D eigenvalue weighted by molar-refractivity contribution is 6.00. The minimum atomic E-state index is -1.86. The topological polar surface area (TPSA) is 607 Å². The Morgan fingerprint density at radius 3 is 0.736 bits per heavy atom. The van der Waals surface area contributed by atoms with Crippen molar-refractivity contribution >= 4 is 82.9 Å². The van der Waals surface area contributed by atoms with Crippen LogP contribution < -0.4 is 83.6 Å². The van der Waals surface area contributed by atoms with Gasteiger partial charge in [-0.25, -0.2) is 0 Å². The summed E-state index contributed by atoms with van der Waals surface area (Å²) in [5.74, 6) is -8.18. The number of benzene rings is 8. The molecule has 40 nitrogen and oxygen atoms in total. The van der Waals surface area contributed by atoms with Crippen LogP contribution in [-0.4, -0.2) is 266 Å². The lowest BCUT2D eigenvalue weighted by atomic mass is 10.0. The third-order valence-electron chi connectivity index (χ3n) is 20.3. The number of ether oxygens (including phenoxy) is 8. The molecule has 40 heteroatoms. The van der Waals surface area contributed by atoms with E-state index in [9.17, 15) is 97.8 Å². The molecule has 0 aromatic heterocycles. The number of rotatable bonds is 62. The predicted octanol–water partition coefficient (Wildman–Crippen LogP) is 1.75. The fourth-order valence-corrected chi connectivity index (χ4v) is 13.3. The van der Waals surface area contributed by atoms with Crippen molar-refractivity contribution in [2.45, 2.75) is 125 Å². The first-order valence-electron chi connectivity index (χ1n) is 44.4. The summed E-state index contributed by atoms with van der Waals surface area (Å²) in [6, 6.07) is 45.5. The molecule has 0 saturated carbocycles. The van der Waals surface area contributed by atoms with Gasteiger partial charge < -0.3 is 133 Å². The molecule has 140 heavy (non-hydrogen) atoms. The average Bonchev–Trinajstić information content (AvgIpc) is 0.843. The molecule has 0 aliphatic carbocycles. The van der Waals surface area contributed by atoms with Crippen molar-refractivity contribution in [2.75, 3.05) is 92.4 Å². The lowest BCUT2D eigenvalue weighted by Gasteiger charge is -2.26. The number of aromatic hydroxyl groups is 2. The van der Waals surface area contributed by atoms with E-state index in [-0.39, 0.29) is 142 Å². The molecular weight excluding hydrogens is 1820 g/mol. The summed E-state index contributed by atoms with van der Waals surface area (Å²) >= 11 is 0. The van der Waals surface area contributed by atoms with Crippen LogP contribution in [0.4, 0.5) is 0 Å². The number of nitrogens with two attached hydrogens (primary N) is 2. The monoisotopic (exact) mass is 1930 g/mol. The number of carbonyl (C=O) groups excluding carboxylic acids is 10. The second-order valence-corrected chi connectivity index (χ2v) is 31.3. The van der Waals surface area contributed by atoms with Gasteiger partial charge in [0.1, 0.15) is 109 Å². The normalized spacial score (nSPS) is 12.9. The summed E-state index contributed by atoms with van der Waals surface area (Å²) in [7, 11) is 0. The minimum Gasteiger partial charge on any atom is -0.508 e. The molecule has 0 saturated heterocycles. The van der Waals surface area contributed by atoms with E-state index in [0.717, 1.165) is 11.1 Å². The molecule has 744 valence electrons. The smallest absolute Gasteiger partial charge is 0.305 e. The molecule has 8 aromatic carbocycles. The van der Waals surface area contributed by atoms with Gasteiger partial charge in [0.25, 0.3) is 0 Å². The van der Waals surface area contributed by atoms with E-state index >= 15 is 0 Å². The van der Waals surface area contributed by atoms with Gasteiger partial charge in [0.15, 0.2) is 0 Å². The number of phenols is 2. The molecular formula is C100H116N12O28. The summed E-state index contributed by atoms with van der Waals surface area (Å²) < 4.78 is 43.7. The second-order valence-electron chi connectivity index (χ2n) is 31.3. The summed E-state index contributed by atoms with van der Waals surface area (Å²) in [6.07, 6.45) is 6.33. The standard InChI is InChI=1S/2C50H58N6O14/c2*1-2-22-69-37-17-19-38(20-18-37)70-27-26-68-25-24-67-23-21-52-47(63)42(31-44(58)59)55-50(66)43(32-45(60)61)56-49(65)41(29-34-11-7-4-8-12-34)54-48(64)40(30-35-13-15-36(57)16-14-35)53-46(62)39(51)28-33-9-5-3-6-10-33/h2*1,3-20,39-43,57H,21-32,51H2,(H,52,63)(H,53,62)(H,54,64)(H,55,66)(H,56,65)(H,58,59)(H,60,61)/t2*39-,40-,41-,42-,43-/m00/s1. The Hall–Kier alpha value is -16.0. The van der Waals surface area contributed by atoms with E-state index in [0.29, 0.717) is 45.3 Å². The molecule has 0 spiro atoms. The molecule has 0 aliphatic rings. The van der Waals surface area contributed by atoms with Crippen molar-refractivity contribution in [3.8, 4) is 59.2 Å². The Morgan fingerprint density at radius 2 is 0.471 bits per heavy atom. The van der Waals surface area contributed by atoms with Gasteiger partial charge in [0.2, 0.25) is 59.1 Å². The van der Waals surface area contributed by atoms with Gasteiger partial charge in [-0.3, -0.25) is 67.1 Å². The van der Waals surface area contributed by atoms with Crippen LogP contribution in [0.3, 0.4) is 0 Å². The van der Waals surface area contributed by atoms with Gasteiger partial charge in [-0.05, 0) is 119 Å². The molecule has 8 aromatic rings. The SMILES string of the molecule is C#CCOc1ccc(OCCOCCOCCNC(=O)[C@H](CC(=O)O)NC(=O)[C@H](CC(=O)O)NC(=O)[C@H](Cc2ccccc2)NC(=O)[C@H](Cc2ccc(O)cc2)NC(=O)[C@@H](N)Cc2ccccc2)cc1.C#CCOc1ccc(OCCOCCOCCNC(=O)[C@H](CC(=O)O)NC(=O)[C@H](CC(=O)O)NC(=O)[C@H](Cc2ccccc2)NC(=O)[C@H](Cc2ccc(O)cc2)NC(=O)[C@@H](N)Cc2ccccc2)cc1. The lowest BCUT2D eigenvalue weighted by molar-refractivity contribution is -0.143. The highest BCUT2D eigenvalue weighted by Crippen LogP contribution is 2.21. The van der Waals surface area contributed by atoms with Crippen molar-refractivity contribution in [3.63, 3.8) is 0 Å². The van der Waals surface area contributed by atoms with Crippen molar-refractivity contribution in [1.29, 1.82) is 0 Å². The van der Waals surface area contributed by atoms with Crippen LogP contribution in [0.15, 0.2) is 218 Å². The van der Waals surface area contributed by atoms with Crippen molar-refractivity contribution in [3.05, 3.63) is 252 Å². The van der Waals surface area contributed by atoms with Gasteiger partial charge in [-0.1, -0.05) is 157 Å². The number of nitrogens with one attached hydrogen (secondary N) is 10. The van der Waals surface area contributed by atoms with E-state index in [1.807, 2.05) is 12.1 Å². The Morgan fingerprint density at radius 1 is 0.257 bits per heavy atom. The van der Waals surface area contributed by atoms with Crippen molar-refractivity contribution in [2.24, 2.45) is 11.5 Å². The van der Waals surface area contributed by atoms with E-state index in [1.165, 1.54) is 24.3 Å². The Bertz CT molecular complexity index is 5020. The average molecular weight is 1930 g/mol. The molecule has 0 unspecified atom stereocenters. The summed E-state index contributed by atoms with van der Waals surface area (Å²) in [5, 5.41) is 83.0. The Kier molecular flexibility index (Phi) is 49.1. The summed E-state index contributed by atoms with van der Waals surface area (Å²) in [6.45, 7) is 1.79. The number of carboxylic acid groups (broad SMARTS) is 4. The van der Waals surface area contributed by atoms with Crippen LogP contribution in [0.5, 0.6) is 34.5 Å². The fourth-order valence-electron chi connectivity index (χ4n) is 13.3. The largest absolute Gasteiger partial charge is 0.508 e. The zero-order valence-electron chi connectivity index (χ0n) is 76.5. The third-order valence-corrected chi connectivity index (χ3v) is 20.3. The molecule has 0 bridgehead atoms. The van der Waals surface area contributed by atoms with E-state index in [4.69, 9.17) is 62.2 Å². The first-order valence-corrected chi connectivity index (χ1v) is 44.4. The van der Waals surface area contributed by atoms with E-state index < -0.39 is 169 Å². The van der Waals surface area contributed by atoms with Crippen LogP contribution in [0, 0.1) is 24.7 Å². The first kappa shape index (κ1) is 111. The van der Waals surface area contributed by atoms with E-state index in [1.54, 1.807) is 182 Å². The predicted molar refractivity (Wildman–Crippen MR) is 506 cm³/mol. The molecule has 8 rings (SSSR count). The van der Waals surface area contributed by atoms with Crippen LogP contribution in [0.1, 0.15) is 59.1 Å². The maximum atomic E-state index is 14.1. The van der Waals surface area contributed by atoms with Gasteiger partial charge in [-0.15, -0.1) is 12.8 Å². The number of carboxylic acids is 4. The highest BCUT2D eigenvalue weighted by Gasteiger charge is 2.37. The summed E-state index contributed by atoms with van der Waals surface area (Å²) in [4.78, 5) is 184. The second kappa shape index (κ2) is 61.9. The maximum absolute atomic E-state index is 14.1. The van der Waals surface area contributed by atoms with Crippen molar-refractivity contribution in [1.82, 2.24) is 53.2 Å². The number of hydrogen-bond acceptors (Lipinski definition) is 26. The van der Waals surface area contributed by atoms with E-state index in [2.05, 4.69) is 65.0 Å². The zero-order valence-corrected chi connectivity index (χ0v) is 76.5. The molecule has 0 radical (unpaired) electrons. The summed E-state index contributed by atoms with van der Waals surface area (Å²) in [5.41, 5.74) is 16.2. The third kappa shape index (κ3) is 43.8. The van der Waals surface area contributed by atoms with Crippen molar-refractivity contribution < 1.29 is 136 Å². The number of hydrogen-bond donors (Lipinski definition) is 18. The molecule has 10 amide bonds. The lowest BCUT2D eigenvalue weighted by Crippen LogP contribution is -2.60. The number of carbonyl (C=O) groups is 14. The van der Waals surface area contributed by atoms with Gasteiger partial charge >= 0.3 is 23.9 Å². The Labute approximate surface area is 807 Å². The molecule has 10 atom stereocenters. The first-order chi connectivity index (χ1) is 67.4. The zero-order chi connectivity index (χ0) is 101. The Balaban J connectivity index is 0.000000381. The number of terminal acetylenes is 2. The van der Waals surface area contributed by atoms with Crippen LogP contribution >= 0.6 is 0 Å². The van der Waals surface area contributed by atoms with Crippen LogP contribution in [0.2, 0.25) is 0 Å². The van der Waals surface area contributed by atoms with Gasteiger partial charge in [0, 0.05) is 38.8 Å². The molecule has 0 fully saturated rings. The quantitative estimate of drug-likeness (QED) is 0.0191. The van der Waals surface area contributed by atoms with Gasteiger partial charge in [-0.2, -0.15) is 0 Å². The molecule has 20 N–H and O–H groups in total. The molecule has 0 heterocycles. The number of aliphatic carboxylic acids is 4. The van der Waals surface area contributed by atoms with Crippen LogP contribution in [0.25, 0.3) is 0 Å². The maximum Gasteiger partial charge on any atom is 0.305 e. The number of amides is 10. The van der Waals surface area contributed by atoms with Crippen LogP contribution in [-0.2, 0) is 125 Å². The molecule has 0 aliphatic heterocycles. The van der Waals surface area contributed by atoms with Gasteiger partial charge in [0.05, 0.1) is 90.6 Å². The minimum absolute atomic E-state index is 0.0143. The number of phenolic OH excluding ortho intramolecular Hbond substituents is 2. The highest BCUT2D eigenvalue weighted by atomic mass is 16.6. The fraction of sp³-hybridized carbons (Fsp3) is 0.340.